The van der Waals surface area contributed by atoms with Crippen LogP contribution >= 0.6 is 11.6 Å². The van der Waals surface area contributed by atoms with Gasteiger partial charge in [-0.05, 0) is 77.9 Å². The molecule has 0 radical (unpaired) electrons. The van der Waals surface area contributed by atoms with E-state index in [1.165, 1.54) is 17.0 Å². The van der Waals surface area contributed by atoms with Crippen LogP contribution in [0.15, 0.2) is 60.9 Å². The van der Waals surface area contributed by atoms with E-state index in [1.807, 2.05) is 26.8 Å². The summed E-state index contributed by atoms with van der Waals surface area (Å²) in [7, 11) is 0. The van der Waals surface area contributed by atoms with Crippen molar-refractivity contribution in [2.24, 2.45) is 11.8 Å². The number of carbonyl (C=O) groups excluding carboxylic acids is 2. The minimum absolute atomic E-state index is 0.0613. The predicted octanol–water partition coefficient (Wildman–Crippen LogP) is 6.67. The molecule has 7 rings (SSSR count). The van der Waals surface area contributed by atoms with E-state index in [9.17, 15) is 33.0 Å². The molecular weight excluding hydrogens is 821 g/mol. The molecule has 2 fully saturated rings. The summed E-state index contributed by atoms with van der Waals surface area (Å²) in [5.74, 6) is 0.516. The second-order valence-corrected chi connectivity index (χ2v) is 17.1. The third-order valence-corrected chi connectivity index (χ3v) is 10.1. The zero-order valence-corrected chi connectivity index (χ0v) is 35.2. The molecule has 0 unspecified atom stereocenters. The number of rotatable bonds is 7. The Morgan fingerprint density at radius 1 is 0.705 bits per heavy atom. The van der Waals surface area contributed by atoms with E-state index >= 15 is 0 Å². The fourth-order valence-corrected chi connectivity index (χ4v) is 7.10. The lowest BCUT2D eigenvalue weighted by atomic mass is 10.0. The maximum Gasteiger partial charge on any atom is 0.416 e. The Balaban J connectivity index is 0.000000213. The number of ether oxygens (including phenoxy) is 2. The summed E-state index contributed by atoms with van der Waals surface area (Å²) in [6.07, 6.45) is -2.09. The van der Waals surface area contributed by atoms with Crippen molar-refractivity contribution < 1.29 is 42.4 Å². The third-order valence-electron chi connectivity index (χ3n) is 9.82. The van der Waals surface area contributed by atoms with E-state index < -0.39 is 35.1 Å². The molecule has 0 aliphatic carbocycles. The molecule has 16 nitrogen and oxygen atoms in total. The summed E-state index contributed by atoms with van der Waals surface area (Å²) in [5, 5.41) is 44.3. The van der Waals surface area contributed by atoms with Crippen molar-refractivity contribution in [1.29, 1.82) is 0 Å². The van der Waals surface area contributed by atoms with Crippen LogP contribution in [0.4, 0.5) is 34.4 Å². The van der Waals surface area contributed by atoms with Crippen LogP contribution in [0.25, 0.3) is 33.1 Å². The number of carbonyl (C=O) groups is 2. The predicted molar refractivity (Wildman–Crippen MR) is 222 cm³/mol. The van der Waals surface area contributed by atoms with Crippen LogP contribution < -0.4 is 10.6 Å². The SMILES string of the molecule is CC(C)(C)OC(=O)N1C[C@@H](CO)[C@H](Nc2nnc(-c3ccc(C(F)(F)F)cc3)c3ncccc23)C1.CC(C)(C)OC(=O)N1C[C@@H](CO)[C@H](Nc2nnc(Cl)c3ncccc23)C1. The van der Waals surface area contributed by atoms with E-state index in [4.69, 9.17) is 21.1 Å². The Bertz CT molecular complexity index is 2350. The maximum atomic E-state index is 12.9. The largest absolute Gasteiger partial charge is 0.444 e. The third kappa shape index (κ3) is 11.0. The summed E-state index contributed by atoms with van der Waals surface area (Å²) in [5.41, 5.74) is -0.150. The van der Waals surface area contributed by atoms with Crippen molar-refractivity contribution in [3.63, 3.8) is 0 Å². The van der Waals surface area contributed by atoms with Gasteiger partial charge in [-0.25, -0.2) is 9.59 Å². The Labute approximate surface area is 354 Å². The second-order valence-electron chi connectivity index (χ2n) is 16.8. The number of likely N-dealkylation sites (tertiary alicyclic amines) is 2. The molecule has 4 atom stereocenters. The van der Waals surface area contributed by atoms with E-state index in [-0.39, 0.29) is 42.3 Å². The summed E-state index contributed by atoms with van der Waals surface area (Å²) in [4.78, 5) is 36.6. The van der Waals surface area contributed by atoms with Crippen molar-refractivity contribution in [3.05, 3.63) is 71.6 Å². The van der Waals surface area contributed by atoms with E-state index in [2.05, 4.69) is 41.0 Å². The molecule has 61 heavy (non-hydrogen) atoms. The lowest BCUT2D eigenvalue weighted by Crippen LogP contribution is -2.36. The van der Waals surface area contributed by atoms with Gasteiger partial charge >= 0.3 is 18.4 Å². The van der Waals surface area contributed by atoms with Gasteiger partial charge in [0.15, 0.2) is 16.8 Å². The lowest BCUT2D eigenvalue weighted by Gasteiger charge is -2.24. The number of hydrogen-bond acceptors (Lipinski definition) is 14. The smallest absolute Gasteiger partial charge is 0.416 e. The van der Waals surface area contributed by atoms with Crippen LogP contribution in [0.3, 0.4) is 0 Å². The molecule has 2 saturated heterocycles. The number of amides is 2. The standard InChI is InChI=1S/C24H26F3N5O3.C17H22ClN5O3/c1-23(2,3)35-22(34)32-11-15(13-33)18(12-32)29-21-17-5-4-10-28-20(17)19(30-31-21)14-6-8-16(9-7-14)24(25,26)27;1-17(2,3)26-16(25)23-7-10(9-24)12(8-23)20-15-11-5-4-6-19-13(11)14(18)21-22-15/h4-10,15,18,33H,11-13H2,1-3H3,(H,29,31);4-6,10,12,24H,7-9H2,1-3H3,(H,20,22)/t15-,18+;10-,12+/m00/s1. The van der Waals surface area contributed by atoms with Crippen LogP contribution in [0.5, 0.6) is 0 Å². The van der Waals surface area contributed by atoms with E-state index in [0.717, 1.165) is 17.5 Å². The summed E-state index contributed by atoms with van der Waals surface area (Å²) in [6.45, 7) is 12.0. The van der Waals surface area contributed by atoms with Crippen LogP contribution in [0, 0.1) is 11.8 Å². The van der Waals surface area contributed by atoms with Crippen molar-refractivity contribution >= 4 is 57.2 Å². The van der Waals surface area contributed by atoms with Gasteiger partial charge in [0.05, 0.1) is 17.6 Å². The molecule has 4 N–H and O–H groups in total. The van der Waals surface area contributed by atoms with Gasteiger partial charge in [-0.3, -0.25) is 9.97 Å². The molecule has 0 bridgehead atoms. The first-order chi connectivity index (χ1) is 28.7. The Hall–Kier alpha value is -5.66. The number of fused-ring (bicyclic) bond motifs is 2. The molecule has 5 aromatic rings. The molecular formula is C41H48ClF3N10O6. The molecule has 4 aromatic heterocycles. The zero-order chi connectivity index (χ0) is 44.3. The first-order valence-electron chi connectivity index (χ1n) is 19.5. The first-order valence-corrected chi connectivity index (χ1v) is 19.9. The van der Waals surface area contributed by atoms with Crippen molar-refractivity contribution in [1.82, 2.24) is 40.2 Å². The number of aliphatic hydroxyl groups is 2. The minimum atomic E-state index is -4.43. The highest BCUT2D eigenvalue weighted by Crippen LogP contribution is 2.34. The fraction of sp³-hybridized carbons (Fsp3) is 0.463. The number of aliphatic hydroxyl groups excluding tert-OH is 2. The van der Waals surface area contributed by atoms with E-state index in [0.29, 0.717) is 65.5 Å². The van der Waals surface area contributed by atoms with Crippen molar-refractivity contribution in [3.8, 4) is 11.3 Å². The highest BCUT2D eigenvalue weighted by Gasteiger charge is 2.39. The van der Waals surface area contributed by atoms with Crippen LogP contribution in [0.2, 0.25) is 5.15 Å². The molecule has 2 aliphatic rings. The second kappa shape index (κ2) is 18.1. The van der Waals surface area contributed by atoms with Crippen LogP contribution in [-0.4, -0.2) is 125 Å². The lowest BCUT2D eigenvalue weighted by molar-refractivity contribution is -0.137. The average molecular weight is 869 g/mol. The molecule has 0 spiro atoms. The molecule has 326 valence electrons. The summed E-state index contributed by atoms with van der Waals surface area (Å²) >= 11 is 6.05. The Morgan fingerprint density at radius 2 is 1.16 bits per heavy atom. The molecule has 2 aliphatic heterocycles. The number of pyridine rings is 2. The van der Waals surface area contributed by atoms with Gasteiger partial charge in [-0.2, -0.15) is 13.2 Å². The van der Waals surface area contributed by atoms with Crippen LogP contribution in [-0.2, 0) is 15.7 Å². The number of anilines is 2. The fourth-order valence-electron chi connectivity index (χ4n) is 6.91. The van der Waals surface area contributed by atoms with Gasteiger partial charge in [0.25, 0.3) is 0 Å². The zero-order valence-electron chi connectivity index (χ0n) is 34.4. The van der Waals surface area contributed by atoms with Gasteiger partial charge in [0, 0.05) is 80.0 Å². The monoisotopic (exact) mass is 868 g/mol. The number of nitrogens with zero attached hydrogens (tertiary/aromatic N) is 8. The highest BCUT2D eigenvalue weighted by atomic mass is 35.5. The quantitative estimate of drug-likeness (QED) is 0.135. The molecule has 20 heteroatoms. The highest BCUT2D eigenvalue weighted by molar-refractivity contribution is 6.34. The minimum Gasteiger partial charge on any atom is -0.444 e. The molecule has 2 amide bonds. The van der Waals surface area contributed by atoms with Gasteiger partial charge < -0.3 is 40.1 Å². The Morgan fingerprint density at radius 3 is 1.62 bits per heavy atom. The first kappa shape index (κ1) is 44.9. The summed E-state index contributed by atoms with van der Waals surface area (Å²) in [6, 6.07) is 11.3. The maximum absolute atomic E-state index is 12.9. The normalized spacial score (nSPS) is 19.4. The molecule has 6 heterocycles. The van der Waals surface area contributed by atoms with E-state index in [1.54, 1.807) is 56.3 Å². The molecule has 1 aromatic carbocycles. The number of benzene rings is 1. The van der Waals surface area contributed by atoms with Crippen LogP contribution in [0.1, 0.15) is 47.1 Å². The van der Waals surface area contributed by atoms with Crippen molar-refractivity contribution in [2.75, 3.05) is 50.0 Å². The summed E-state index contributed by atoms with van der Waals surface area (Å²) < 4.78 is 49.7. The van der Waals surface area contributed by atoms with Crippen molar-refractivity contribution in [2.45, 2.75) is 71.0 Å². The molecule has 0 saturated carbocycles. The van der Waals surface area contributed by atoms with Gasteiger partial charge in [-0.15, -0.1) is 20.4 Å². The van der Waals surface area contributed by atoms with Gasteiger partial charge in [0.1, 0.15) is 27.9 Å². The number of halogens is 4. The number of hydrogen-bond donors (Lipinski definition) is 4. The average Bonchev–Trinajstić information content (AvgIpc) is 3.82. The number of alkyl halides is 3. The van der Waals surface area contributed by atoms with Gasteiger partial charge in [0.2, 0.25) is 0 Å². The van der Waals surface area contributed by atoms with Gasteiger partial charge in [-0.1, -0.05) is 23.7 Å². The number of aromatic nitrogens is 6. The Kier molecular flexibility index (Phi) is 13.3. The number of nitrogens with one attached hydrogen (secondary N) is 2. The topological polar surface area (TPSA) is 201 Å².